The molecule has 0 aliphatic heterocycles. The first-order valence-electron chi connectivity index (χ1n) is 5.94. The van der Waals surface area contributed by atoms with E-state index in [1.165, 1.54) is 5.56 Å². The van der Waals surface area contributed by atoms with Gasteiger partial charge in [-0.05, 0) is 57.5 Å². The number of hydrogen-bond acceptors (Lipinski definition) is 2. The molecule has 1 unspecified atom stereocenters. The second-order valence-corrected chi connectivity index (χ2v) is 6.79. The lowest BCUT2D eigenvalue weighted by Gasteiger charge is -2.19. The van der Waals surface area contributed by atoms with Crippen LogP contribution >= 0.6 is 38.9 Å². The predicted octanol–water partition coefficient (Wildman–Crippen LogP) is 5.25. The first-order chi connectivity index (χ1) is 8.72. The van der Waals surface area contributed by atoms with Crippen molar-refractivity contribution in [1.82, 2.24) is 5.32 Å². The van der Waals surface area contributed by atoms with E-state index in [0.717, 1.165) is 27.3 Å². The van der Waals surface area contributed by atoms with E-state index in [2.05, 4.69) is 45.7 Å². The monoisotopic (exact) mass is 343 g/mol. The third kappa shape index (κ3) is 3.35. The van der Waals surface area contributed by atoms with E-state index in [4.69, 9.17) is 11.6 Å². The number of thiophene rings is 1. The molecule has 0 amide bonds. The zero-order valence-electron chi connectivity index (χ0n) is 10.1. The molecule has 2 rings (SSSR count). The average Bonchev–Trinajstić information content (AvgIpc) is 2.78. The van der Waals surface area contributed by atoms with Gasteiger partial charge in [-0.25, -0.2) is 0 Å². The summed E-state index contributed by atoms with van der Waals surface area (Å²) in [6.45, 7) is 3.14. The van der Waals surface area contributed by atoms with Crippen molar-refractivity contribution in [1.29, 1.82) is 0 Å². The highest BCUT2D eigenvalue weighted by Gasteiger charge is 2.17. The third-order valence-corrected chi connectivity index (χ3v) is 4.60. The van der Waals surface area contributed by atoms with Gasteiger partial charge in [-0.3, -0.25) is 0 Å². The Balaban J connectivity index is 2.33. The Kier molecular flexibility index (Phi) is 5.25. The third-order valence-electron chi connectivity index (χ3n) is 2.74. The van der Waals surface area contributed by atoms with Crippen LogP contribution in [0.1, 0.15) is 30.5 Å². The summed E-state index contributed by atoms with van der Waals surface area (Å²) >= 11 is 11.5. The molecule has 2 aromatic rings. The Labute approximate surface area is 125 Å². The lowest BCUT2D eigenvalue weighted by atomic mass is 10.0. The van der Waals surface area contributed by atoms with Crippen molar-refractivity contribution in [2.45, 2.75) is 19.4 Å². The molecule has 1 aromatic heterocycles. The summed E-state index contributed by atoms with van der Waals surface area (Å²) in [6.07, 6.45) is 1.10. The summed E-state index contributed by atoms with van der Waals surface area (Å²) in [7, 11) is 0. The molecule has 0 radical (unpaired) electrons. The maximum Gasteiger partial charge on any atom is 0.0701 e. The molecule has 0 fully saturated rings. The van der Waals surface area contributed by atoms with Crippen LogP contribution in [0.4, 0.5) is 0 Å². The van der Waals surface area contributed by atoms with Crippen LogP contribution in [0.15, 0.2) is 39.5 Å². The van der Waals surface area contributed by atoms with Crippen LogP contribution in [0.2, 0.25) is 5.02 Å². The fourth-order valence-electron chi connectivity index (χ4n) is 1.88. The summed E-state index contributed by atoms with van der Waals surface area (Å²) in [4.78, 5) is 0. The molecule has 96 valence electrons. The molecule has 4 heteroatoms. The molecule has 0 aliphatic carbocycles. The largest absolute Gasteiger partial charge is 0.306 e. The van der Waals surface area contributed by atoms with Crippen LogP contribution in [0.25, 0.3) is 0 Å². The molecule has 0 spiro atoms. The van der Waals surface area contributed by atoms with Crippen molar-refractivity contribution in [3.8, 4) is 0 Å². The van der Waals surface area contributed by atoms with Crippen molar-refractivity contribution in [2.24, 2.45) is 0 Å². The van der Waals surface area contributed by atoms with Crippen molar-refractivity contribution in [3.63, 3.8) is 0 Å². The van der Waals surface area contributed by atoms with Gasteiger partial charge in [0.15, 0.2) is 0 Å². The molecule has 18 heavy (non-hydrogen) atoms. The van der Waals surface area contributed by atoms with Crippen molar-refractivity contribution < 1.29 is 0 Å². The molecule has 0 bridgehead atoms. The van der Waals surface area contributed by atoms with Gasteiger partial charge in [-0.15, -0.1) is 11.3 Å². The lowest BCUT2D eigenvalue weighted by molar-refractivity contribution is 0.600. The topological polar surface area (TPSA) is 12.0 Å². The first-order valence-corrected chi connectivity index (χ1v) is 7.99. The van der Waals surface area contributed by atoms with Crippen LogP contribution in [0.3, 0.4) is 0 Å². The highest BCUT2D eigenvalue weighted by atomic mass is 79.9. The maximum atomic E-state index is 6.31. The SMILES string of the molecule is CCCNC(c1csc(Br)c1)c1ccccc1Cl. The first kappa shape index (κ1) is 14.1. The summed E-state index contributed by atoms with van der Waals surface area (Å²) in [6, 6.07) is 10.3. The summed E-state index contributed by atoms with van der Waals surface area (Å²) < 4.78 is 1.15. The van der Waals surface area contributed by atoms with Gasteiger partial charge in [-0.2, -0.15) is 0 Å². The molecule has 1 N–H and O–H groups in total. The Bertz CT molecular complexity index is 512. The van der Waals surface area contributed by atoms with Crippen molar-refractivity contribution >= 4 is 38.9 Å². The zero-order chi connectivity index (χ0) is 13.0. The highest BCUT2D eigenvalue weighted by molar-refractivity contribution is 9.11. The summed E-state index contributed by atoms with van der Waals surface area (Å²) in [5.41, 5.74) is 2.39. The molecule has 1 atom stereocenters. The van der Waals surface area contributed by atoms with Crippen LogP contribution in [-0.2, 0) is 0 Å². The minimum absolute atomic E-state index is 0.168. The van der Waals surface area contributed by atoms with E-state index >= 15 is 0 Å². The number of nitrogens with one attached hydrogen (secondary N) is 1. The van der Waals surface area contributed by atoms with Crippen molar-refractivity contribution in [3.05, 3.63) is 55.6 Å². The molecular formula is C14H15BrClNS. The van der Waals surface area contributed by atoms with Gasteiger partial charge >= 0.3 is 0 Å². The number of hydrogen-bond donors (Lipinski definition) is 1. The fourth-order valence-corrected chi connectivity index (χ4v) is 3.33. The minimum atomic E-state index is 0.168. The summed E-state index contributed by atoms with van der Waals surface area (Å²) in [5.74, 6) is 0. The molecular weight excluding hydrogens is 330 g/mol. The van der Waals surface area contributed by atoms with Gasteiger partial charge in [0.2, 0.25) is 0 Å². The number of rotatable bonds is 5. The minimum Gasteiger partial charge on any atom is -0.306 e. The Morgan fingerprint density at radius 3 is 2.78 bits per heavy atom. The Hall–Kier alpha value is -0.350. The Morgan fingerprint density at radius 1 is 1.39 bits per heavy atom. The Morgan fingerprint density at radius 2 is 2.17 bits per heavy atom. The molecule has 1 heterocycles. The zero-order valence-corrected chi connectivity index (χ0v) is 13.3. The predicted molar refractivity (Wildman–Crippen MR) is 83.6 cm³/mol. The fraction of sp³-hybridized carbons (Fsp3) is 0.286. The van der Waals surface area contributed by atoms with Crippen LogP contribution in [-0.4, -0.2) is 6.54 Å². The summed E-state index contributed by atoms with van der Waals surface area (Å²) in [5, 5.41) is 6.54. The van der Waals surface area contributed by atoms with Gasteiger partial charge < -0.3 is 5.32 Å². The van der Waals surface area contributed by atoms with E-state index in [1.54, 1.807) is 11.3 Å². The van der Waals surface area contributed by atoms with E-state index in [1.807, 2.05) is 18.2 Å². The quantitative estimate of drug-likeness (QED) is 0.781. The van der Waals surface area contributed by atoms with Gasteiger partial charge in [0.25, 0.3) is 0 Å². The smallest absolute Gasteiger partial charge is 0.0701 e. The highest BCUT2D eigenvalue weighted by Crippen LogP contribution is 2.32. The van der Waals surface area contributed by atoms with Crippen LogP contribution in [0.5, 0.6) is 0 Å². The normalized spacial score (nSPS) is 12.6. The van der Waals surface area contributed by atoms with Crippen molar-refractivity contribution in [2.75, 3.05) is 6.54 Å². The van der Waals surface area contributed by atoms with Gasteiger partial charge in [-0.1, -0.05) is 36.7 Å². The molecule has 1 nitrogen and oxygen atoms in total. The van der Waals surface area contributed by atoms with E-state index in [9.17, 15) is 0 Å². The van der Waals surface area contributed by atoms with Gasteiger partial charge in [0.05, 0.1) is 9.83 Å². The molecule has 0 aliphatic rings. The second kappa shape index (κ2) is 6.71. The molecule has 1 aromatic carbocycles. The van der Waals surface area contributed by atoms with E-state index < -0.39 is 0 Å². The van der Waals surface area contributed by atoms with E-state index in [0.29, 0.717) is 0 Å². The average molecular weight is 345 g/mol. The van der Waals surface area contributed by atoms with E-state index in [-0.39, 0.29) is 6.04 Å². The number of benzene rings is 1. The van der Waals surface area contributed by atoms with Gasteiger partial charge in [0, 0.05) is 5.02 Å². The second-order valence-electron chi connectivity index (χ2n) is 4.09. The lowest BCUT2D eigenvalue weighted by Crippen LogP contribution is -2.23. The van der Waals surface area contributed by atoms with Gasteiger partial charge in [0.1, 0.15) is 0 Å². The maximum absolute atomic E-state index is 6.31. The van der Waals surface area contributed by atoms with Crippen LogP contribution < -0.4 is 5.32 Å². The molecule has 0 saturated heterocycles. The molecule has 0 saturated carbocycles. The number of halogens is 2. The standard InChI is InChI=1S/C14H15BrClNS/c1-2-7-17-14(10-8-13(15)18-9-10)11-5-3-4-6-12(11)16/h3-6,8-9,14,17H,2,7H2,1H3. The van der Waals surface area contributed by atoms with Crippen LogP contribution in [0, 0.1) is 0 Å².